The fourth-order valence-electron chi connectivity index (χ4n) is 1.10. The lowest BCUT2D eigenvalue weighted by Gasteiger charge is -2.17. The fourth-order valence-corrected chi connectivity index (χ4v) is 1.10. The minimum absolute atomic E-state index is 0.521. The molecule has 0 aliphatic heterocycles. The lowest BCUT2D eigenvalue weighted by atomic mass is 10.1. The van der Waals surface area contributed by atoms with E-state index < -0.39 is 6.03 Å². The van der Waals surface area contributed by atoms with Gasteiger partial charge in [0.1, 0.15) is 0 Å². The SMILES string of the molecule is C=CN(C(=C)c1ccccc1)C(N)=O. The van der Waals surface area contributed by atoms with E-state index in [0.717, 1.165) is 5.56 Å². The molecule has 0 atom stereocenters. The molecule has 0 saturated heterocycles. The number of nitrogens with two attached hydrogens (primary N) is 1. The zero-order valence-electron chi connectivity index (χ0n) is 7.81. The van der Waals surface area contributed by atoms with E-state index in [1.54, 1.807) is 0 Å². The maximum atomic E-state index is 11.0. The van der Waals surface area contributed by atoms with Crippen LogP contribution in [0.4, 0.5) is 4.79 Å². The Bertz CT molecular complexity index is 357. The number of nitrogens with zero attached hydrogens (tertiary/aromatic N) is 1. The number of hydrogen-bond acceptors (Lipinski definition) is 1. The van der Waals surface area contributed by atoms with Crippen LogP contribution in [0.5, 0.6) is 0 Å². The van der Waals surface area contributed by atoms with Crippen LogP contribution in [0.15, 0.2) is 49.7 Å². The van der Waals surface area contributed by atoms with E-state index in [0.29, 0.717) is 5.70 Å². The van der Waals surface area contributed by atoms with Crippen molar-refractivity contribution in [1.82, 2.24) is 4.90 Å². The predicted molar refractivity (Wildman–Crippen MR) is 57.1 cm³/mol. The summed E-state index contributed by atoms with van der Waals surface area (Å²) in [5.74, 6) is 0. The molecular weight excluding hydrogens is 176 g/mol. The van der Waals surface area contributed by atoms with E-state index in [2.05, 4.69) is 13.2 Å². The molecule has 3 heteroatoms. The third kappa shape index (κ3) is 2.01. The first-order valence-electron chi connectivity index (χ1n) is 4.12. The van der Waals surface area contributed by atoms with E-state index in [1.807, 2.05) is 30.3 Å². The van der Waals surface area contributed by atoms with Crippen LogP contribution in [0.25, 0.3) is 5.70 Å². The molecule has 2 N–H and O–H groups in total. The molecule has 14 heavy (non-hydrogen) atoms. The molecule has 3 nitrogen and oxygen atoms in total. The Morgan fingerprint density at radius 2 is 1.93 bits per heavy atom. The second-order valence-electron chi connectivity index (χ2n) is 2.70. The molecule has 0 fully saturated rings. The zero-order valence-corrected chi connectivity index (χ0v) is 7.81. The molecule has 0 aromatic heterocycles. The van der Waals surface area contributed by atoms with Gasteiger partial charge in [-0.1, -0.05) is 43.5 Å². The van der Waals surface area contributed by atoms with Gasteiger partial charge in [-0.3, -0.25) is 4.90 Å². The number of carbonyl (C=O) groups is 1. The second-order valence-corrected chi connectivity index (χ2v) is 2.70. The van der Waals surface area contributed by atoms with Gasteiger partial charge in [0.05, 0.1) is 5.70 Å². The van der Waals surface area contributed by atoms with Crippen LogP contribution >= 0.6 is 0 Å². The standard InChI is InChI=1S/C11H12N2O/c1-3-13(11(12)14)9(2)10-7-5-4-6-8-10/h3-8H,1-2H2,(H2,12,14). The Labute approximate surface area is 83.1 Å². The summed E-state index contributed by atoms with van der Waals surface area (Å²) in [6.07, 6.45) is 1.34. The van der Waals surface area contributed by atoms with E-state index in [-0.39, 0.29) is 0 Å². The predicted octanol–water partition coefficient (Wildman–Crippen LogP) is 2.18. The molecule has 0 aliphatic rings. The highest BCUT2D eigenvalue weighted by Gasteiger charge is 2.10. The van der Waals surface area contributed by atoms with E-state index in [1.165, 1.54) is 11.1 Å². The molecule has 1 aromatic rings. The molecule has 0 saturated carbocycles. The third-order valence-electron chi connectivity index (χ3n) is 1.82. The van der Waals surface area contributed by atoms with Crippen LogP contribution in [0.3, 0.4) is 0 Å². The zero-order chi connectivity index (χ0) is 10.6. The lowest BCUT2D eigenvalue weighted by Crippen LogP contribution is -2.29. The van der Waals surface area contributed by atoms with Crippen molar-refractivity contribution in [3.05, 3.63) is 55.3 Å². The van der Waals surface area contributed by atoms with Crippen molar-refractivity contribution in [2.45, 2.75) is 0 Å². The molecule has 0 bridgehead atoms. The Morgan fingerprint density at radius 1 is 1.36 bits per heavy atom. The molecular formula is C11H12N2O. The molecule has 0 spiro atoms. The van der Waals surface area contributed by atoms with Gasteiger partial charge >= 0.3 is 6.03 Å². The monoisotopic (exact) mass is 188 g/mol. The number of primary amides is 1. The third-order valence-corrected chi connectivity index (χ3v) is 1.82. The van der Waals surface area contributed by atoms with Gasteiger partial charge in [0.25, 0.3) is 0 Å². The summed E-state index contributed by atoms with van der Waals surface area (Å²) in [5, 5.41) is 0. The van der Waals surface area contributed by atoms with Crippen molar-refractivity contribution in [3.8, 4) is 0 Å². The molecule has 0 aliphatic carbocycles. The van der Waals surface area contributed by atoms with Crippen molar-refractivity contribution in [1.29, 1.82) is 0 Å². The van der Waals surface area contributed by atoms with Crippen molar-refractivity contribution in [3.63, 3.8) is 0 Å². The number of hydrogen-bond donors (Lipinski definition) is 1. The number of benzene rings is 1. The second kappa shape index (κ2) is 4.28. The summed E-state index contributed by atoms with van der Waals surface area (Å²) in [6, 6.07) is 8.72. The fraction of sp³-hybridized carbons (Fsp3) is 0. The minimum Gasteiger partial charge on any atom is -0.351 e. The molecule has 72 valence electrons. The van der Waals surface area contributed by atoms with Crippen LogP contribution in [0.2, 0.25) is 0 Å². The van der Waals surface area contributed by atoms with Gasteiger partial charge in [-0.05, 0) is 5.56 Å². The van der Waals surface area contributed by atoms with Crippen LogP contribution in [-0.2, 0) is 0 Å². The Hall–Kier alpha value is -2.03. The molecule has 0 radical (unpaired) electrons. The van der Waals surface area contributed by atoms with Gasteiger partial charge in [-0.15, -0.1) is 0 Å². The van der Waals surface area contributed by atoms with Gasteiger partial charge in [0.15, 0.2) is 0 Å². The van der Waals surface area contributed by atoms with Gasteiger partial charge in [-0.2, -0.15) is 0 Å². The summed E-state index contributed by atoms with van der Waals surface area (Å²) in [6.45, 7) is 7.26. The molecule has 0 heterocycles. The summed E-state index contributed by atoms with van der Waals surface area (Å²) in [5.41, 5.74) is 6.50. The summed E-state index contributed by atoms with van der Waals surface area (Å²) < 4.78 is 0. The van der Waals surface area contributed by atoms with Crippen molar-refractivity contribution in [2.24, 2.45) is 5.73 Å². The van der Waals surface area contributed by atoms with Crippen molar-refractivity contribution in [2.75, 3.05) is 0 Å². The van der Waals surface area contributed by atoms with Crippen LogP contribution in [-0.4, -0.2) is 10.9 Å². The topological polar surface area (TPSA) is 46.3 Å². The first-order valence-corrected chi connectivity index (χ1v) is 4.12. The van der Waals surface area contributed by atoms with Crippen LogP contribution < -0.4 is 5.73 Å². The van der Waals surface area contributed by atoms with E-state index in [9.17, 15) is 4.79 Å². The minimum atomic E-state index is -0.589. The number of urea groups is 1. The highest BCUT2D eigenvalue weighted by molar-refractivity contribution is 5.84. The van der Waals surface area contributed by atoms with Gasteiger partial charge in [0, 0.05) is 6.20 Å². The normalized spacial score (nSPS) is 9.14. The van der Waals surface area contributed by atoms with Crippen LogP contribution in [0, 0.1) is 0 Å². The van der Waals surface area contributed by atoms with E-state index >= 15 is 0 Å². The van der Waals surface area contributed by atoms with E-state index in [4.69, 9.17) is 5.73 Å². The lowest BCUT2D eigenvalue weighted by molar-refractivity contribution is 0.237. The summed E-state index contributed by atoms with van der Waals surface area (Å²) in [7, 11) is 0. The van der Waals surface area contributed by atoms with Crippen molar-refractivity contribution < 1.29 is 4.79 Å². The number of carbonyl (C=O) groups excluding carboxylic acids is 1. The first kappa shape index (κ1) is 10.1. The van der Waals surface area contributed by atoms with Gasteiger partial charge in [-0.25, -0.2) is 4.79 Å². The van der Waals surface area contributed by atoms with Crippen molar-refractivity contribution >= 4 is 11.7 Å². The molecule has 1 rings (SSSR count). The first-order chi connectivity index (χ1) is 6.66. The average molecular weight is 188 g/mol. The smallest absolute Gasteiger partial charge is 0.323 e. The highest BCUT2D eigenvalue weighted by Crippen LogP contribution is 2.16. The largest absolute Gasteiger partial charge is 0.351 e. The molecule has 2 amide bonds. The van der Waals surface area contributed by atoms with Crippen LogP contribution in [0.1, 0.15) is 5.56 Å². The Morgan fingerprint density at radius 3 is 2.36 bits per heavy atom. The molecule has 1 aromatic carbocycles. The van der Waals surface area contributed by atoms with Gasteiger partial charge in [0.2, 0.25) is 0 Å². The number of rotatable bonds is 3. The Balaban J connectivity index is 2.95. The maximum absolute atomic E-state index is 11.0. The quantitative estimate of drug-likeness (QED) is 0.776. The molecule has 0 unspecified atom stereocenters. The number of amides is 2. The summed E-state index contributed by atoms with van der Waals surface area (Å²) in [4.78, 5) is 12.2. The highest BCUT2D eigenvalue weighted by atomic mass is 16.2. The average Bonchev–Trinajstić information content (AvgIpc) is 2.19. The maximum Gasteiger partial charge on any atom is 0.323 e. The summed E-state index contributed by atoms with van der Waals surface area (Å²) >= 11 is 0. The van der Waals surface area contributed by atoms with Gasteiger partial charge < -0.3 is 5.73 Å². The Kier molecular flexibility index (Phi) is 3.07.